The summed E-state index contributed by atoms with van der Waals surface area (Å²) in [7, 11) is -16.9. The summed E-state index contributed by atoms with van der Waals surface area (Å²) in [6.07, 6.45) is -51.6. The van der Waals surface area contributed by atoms with Crippen LogP contribution in [0, 0.1) is 5.92 Å². The molecule has 0 bridgehead atoms. The molecule has 84 heavy (non-hydrogen) atoms. The predicted octanol–water partition coefficient (Wildman–Crippen LogP) is -8.85. The topological polar surface area (TPSA) is 678 Å². The Labute approximate surface area is 483 Å². The van der Waals surface area contributed by atoms with Gasteiger partial charge in [0, 0.05) is 5.92 Å². The van der Waals surface area contributed by atoms with Gasteiger partial charge in [0.15, 0.2) is 73.4 Å². The Bertz CT molecular complexity index is 2400. The lowest BCUT2D eigenvalue weighted by Gasteiger charge is -2.50. The van der Waals surface area contributed by atoms with Gasteiger partial charge in [-0.2, -0.15) is 25.3 Å². The van der Waals surface area contributed by atoms with E-state index in [-0.39, 0.29) is 36.8 Å². The first-order chi connectivity index (χ1) is 39.3. The third kappa shape index (κ3) is 20.8. The number of aliphatic hydroxyl groups is 8. The standard InChI is InChI=1S/C30H52N2O45S7/c1-5-11(33)12(34)8(4-81(47)77-73-46)61-27(5)65-21-14(36)15(37)29(67-26(21)42)63-18-7(3-58-83(51,52)53)60-28(10(32-79-75-71-44)19(18)68-80-76-72-45)64-20-16(38)22(69-84(54,55)56)30(66-23(20)24(39)40)62-17-6(2-57-82(48,49)50)59-25(41)9(13(17)35)31-78-74-70-43/h5-23,25-38,41-46H,2-4H2,1H3,(H,39,40)(H,48,49,50)(H,51,52,53)(H,54,55,56)/t5?,6?,7-,8?,9?,10?,11-,12+,13-,14-,15?,16-,17+,18-,19?,20-,21-,22?,23?,25?,26?,27+,28-,29-,30-,81?/m1/s1. The summed E-state index contributed by atoms with van der Waals surface area (Å²) in [6, 6.07) is -4.10. The fraction of sp³-hybridized carbons (Fsp3) is 0.967. The van der Waals surface area contributed by atoms with Crippen LogP contribution in [0.2, 0.25) is 0 Å². The minimum Gasteiger partial charge on any atom is -0.479 e. The summed E-state index contributed by atoms with van der Waals surface area (Å²) in [6.45, 7) is -1.73. The number of aliphatic hydroxyl groups excluding tert-OH is 8. The number of nitrogens with one attached hydrogen (secondary N) is 2. The monoisotopic (exact) mass is 1380 g/mol. The van der Waals surface area contributed by atoms with Crippen LogP contribution in [0.1, 0.15) is 6.92 Å². The second-order valence-electron chi connectivity index (χ2n) is 17.1. The molecular weight excluding hydrogens is 1330 g/mol. The number of carbonyl (C=O) groups is 1. The third-order valence-corrected chi connectivity index (χ3v) is 15.5. The molecule has 5 fully saturated rings. The molecule has 5 aliphatic rings. The van der Waals surface area contributed by atoms with Crippen LogP contribution in [0.3, 0.4) is 0 Å². The Morgan fingerprint density at radius 3 is 1.63 bits per heavy atom. The number of carboxylic acid groups (broad SMARTS) is 1. The van der Waals surface area contributed by atoms with E-state index in [1.165, 1.54) is 6.92 Å². The molecule has 0 amide bonds. The average Bonchev–Trinajstić information content (AvgIpc) is 3.11. The summed E-state index contributed by atoms with van der Waals surface area (Å²) >= 11 is -3.17. The van der Waals surface area contributed by atoms with E-state index < -0.39 is 221 Å². The van der Waals surface area contributed by atoms with Crippen molar-refractivity contribution >= 4 is 85.0 Å². The number of hydrogen-bond acceptors (Lipinski definition) is 46. The van der Waals surface area contributed by atoms with Gasteiger partial charge < -0.3 is 88.6 Å². The molecule has 18 N–H and O–H groups in total. The van der Waals surface area contributed by atoms with Crippen molar-refractivity contribution in [2.75, 3.05) is 19.0 Å². The Morgan fingerprint density at radius 1 is 0.524 bits per heavy atom. The highest BCUT2D eigenvalue weighted by Crippen LogP contribution is 2.39. The van der Waals surface area contributed by atoms with E-state index in [1.54, 1.807) is 0 Å². The van der Waals surface area contributed by atoms with Crippen LogP contribution < -0.4 is 9.44 Å². The van der Waals surface area contributed by atoms with Crippen molar-refractivity contribution in [1.29, 1.82) is 0 Å². The maximum absolute atomic E-state index is 13.0. The molecule has 12 unspecified atom stereocenters. The zero-order valence-corrected chi connectivity index (χ0v) is 46.6. The molecule has 0 aliphatic carbocycles. The molecule has 0 saturated carbocycles. The molecule has 0 aromatic heterocycles. The Balaban J connectivity index is 1.51. The van der Waals surface area contributed by atoms with Crippen molar-refractivity contribution in [3.05, 3.63) is 0 Å². The fourth-order valence-corrected chi connectivity index (χ4v) is 11.3. The Kier molecular flexibility index (Phi) is 29.3. The second kappa shape index (κ2) is 33.4. The third-order valence-electron chi connectivity index (χ3n) is 11.9. The van der Waals surface area contributed by atoms with Gasteiger partial charge in [-0.15, -0.1) is 17.3 Å². The fourth-order valence-electron chi connectivity index (χ4n) is 8.27. The molecule has 0 aromatic rings. The summed E-state index contributed by atoms with van der Waals surface area (Å²) < 4.78 is 202. The first-order valence-electron chi connectivity index (χ1n) is 22.3. The lowest BCUT2D eigenvalue weighted by atomic mass is 9.92. The van der Waals surface area contributed by atoms with E-state index in [2.05, 4.69) is 59.5 Å². The molecule has 0 spiro atoms. The van der Waals surface area contributed by atoms with Crippen molar-refractivity contribution in [3.8, 4) is 0 Å². The lowest BCUT2D eigenvalue weighted by Crippen LogP contribution is -2.70. The molecule has 26 atom stereocenters. The molecule has 0 radical (unpaired) electrons. The minimum absolute atomic E-state index is 0.0641. The summed E-state index contributed by atoms with van der Waals surface area (Å²) in [5.74, 6) is -4.29. The van der Waals surface area contributed by atoms with Crippen LogP contribution in [0.15, 0.2) is 0 Å². The van der Waals surface area contributed by atoms with Crippen molar-refractivity contribution < 1.29 is 212 Å². The van der Waals surface area contributed by atoms with Gasteiger partial charge in [-0.05, 0) is 0 Å². The number of hydrogen-bond donors (Lipinski definition) is 18. The molecule has 5 aliphatic heterocycles. The van der Waals surface area contributed by atoms with Crippen LogP contribution in [0.25, 0.3) is 0 Å². The SMILES string of the molecule is CC1[C@H](O[C@H]2C(O)O[C@@H](O[C@H]3C(OSOOO)C(NSOOO)[C@@H](O[C@H]4C(C(=O)O)O[C@@H](O[C@H]5C(COS(=O)(=O)O)OC(O)C(NSOOO)[C@H]5O)C(OS(=O)(=O)O)[C@@H]4O)O[C@@H]3COS(=O)(=O)O)C(O)[C@H]2O)OC(CS(=O)OOO)[C@H](O)[C@@H]1O. The maximum Gasteiger partial charge on any atom is 0.397 e. The van der Waals surface area contributed by atoms with E-state index in [1.807, 2.05) is 0 Å². The van der Waals surface area contributed by atoms with Crippen LogP contribution >= 0.6 is 36.8 Å². The summed E-state index contributed by atoms with van der Waals surface area (Å²) in [5.41, 5.74) is 0. The van der Waals surface area contributed by atoms with E-state index in [0.717, 1.165) is 0 Å². The highest BCUT2D eigenvalue weighted by atomic mass is 32.3. The summed E-state index contributed by atoms with van der Waals surface area (Å²) in [4.78, 5) is 13.0. The van der Waals surface area contributed by atoms with Crippen molar-refractivity contribution in [2.45, 2.75) is 154 Å². The van der Waals surface area contributed by atoms with Crippen molar-refractivity contribution in [2.24, 2.45) is 5.92 Å². The maximum atomic E-state index is 13.0. The van der Waals surface area contributed by atoms with Gasteiger partial charge in [0.05, 0.1) is 31.1 Å². The molecule has 0 aromatic carbocycles. The van der Waals surface area contributed by atoms with Gasteiger partial charge >= 0.3 is 37.2 Å². The van der Waals surface area contributed by atoms with Gasteiger partial charge in [0.1, 0.15) is 110 Å². The molecule has 47 nitrogen and oxygen atoms in total. The minimum atomic E-state index is -5.93. The zero-order valence-electron chi connectivity index (χ0n) is 40.9. The van der Waals surface area contributed by atoms with E-state index >= 15 is 0 Å². The molecule has 5 rings (SSSR count). The van der Waals surface area contributed by atoms with Gasteiger partial charge in [0.2, 0.25) is 0 Å². The molecular formula is C30H52N2O45S7. The highest BCUT2D eigenvalue weighted by Gasteiger charge is 2.60. The van der Waals surface area contributed by atoms with Crippen LogP contribution in [0.4, 0.5) is 0 Å². The number of rotatable bonds is 33. The normalized spacial score (nSPS) is 40.4. The van der Waals surface area contributed by atoms with Gasteiger partial charge in [-0.1, -0.05) is 27.1 Å². The van der Waals surface area contributed by atoms with Crippen molar-refractivity contribution in [3.63, 3.8) is 0 Å². The van der Waals surface area contributed by atoms with Gasteiger partial charge in [0.25, 0.3) is 0 Å². The molecule has 5 heterocycles. The average molecular weight is 1390 g/mol. The van der Waals surface area contributed by atoms with Crippen molar-refractivity contribution in [1.82, 2.24) is 9.44 Å². The number of aliphatic carboxylic acids is 1. The van der Waals surface area contributed by atoms with Crippen LogP contribution in [-0.2, 0) is 144 Å². The zero-order chi connectivity index (χ0) is 62.6. The van der Waals surface area contributed by atoms with Gasteiger partial charge in [-0.3, -0.25) is 17.8 Å². The lowest BCUT2D eigenvalue weighted by molar-refractivity contribution is -0.435. The number of carboxylic acids is 1. The smallest absolute Gasteiger partial charge is 0.397 e. The predicted molar refractivity (Wildman–Crippen MR) is 245 cm³/mol. The van der Waals surface area contributed by atoms with Gasteiger partial charge in [-0.25, -0.2) is 52.0 Å². The first-order valence-corrected chi connectivity index (χ1v) is 29.8. The molecule has 54 heteroatoms. The first kappa shape index (κ1) is 73.7. The highest BCUT2D eigenvalue weighted by molar-refractivity contribution is 7.92. The summed E-state index contributed by atoms with van der Waals surface area (Å²) in [5, 5.41) is 148. The second-order valence-corrected chi connectivity index (χ2v) is 22.9. The van der Waals surface area contributed by atoms with Crippen LogP contribution in [-0.4, -0.2) is 283 Å². The van der Waals surface area contributed by atoms with E-state index in [4.69, 9.17) is 67.8 Å². The molecule has 5 saturated heterocycles. The van der Waals surface area contributed by atoms with E-state index in [0.29, 0.717) is 0 Å². The Morgan fingerprint density at radius 2 is 1.07 bits per heavy atom. The largest absolute Gasteiger partial charge is 0.479 e. The van der Waals surface area contributed by atoms with Crippen LogP contribution in [0.5, 0.6) is 0 Å². The Hall–Kier alpha value is -1.00. The number of ether oxygens (including phenoxy) is 9. The molecule has 494 valence electrons. The quantitative estimate of drug-likeness (QED) is 0.00724. The van der Waals surface area contributed by atoms with E-state index in [9.17, 15) is 93.9 Å².